The summed E-state index contributed by atoms with van der Waals surface area (Å²) in [6.45, 7) is 0. The fourth-order valence-corrected chi connectivity index (χ4v) is 2.58. The lowest BCUT2D eigenvalue weighted by molar-refractivity contribution is 0.417. The summed E-state index contributed by atoms with van der Waals surface area (Å²) in [4.78, 5) is 8.73. The van der Waals surface area contributed by atoms with Crippen LogP contribution in [-0.4, -0.2) is 26.9 Å². The first-order valence-corrected chi connectivity index (χ1v) is 7.51. The minimum Gasteiger partial charge on any atom is -0.495 e. The average Bonchev–Trinajstić information content (AvgIpc) is 3.08. The Balaban J connectivity index is 1.79. The molecule has 2 aromatic heterocycles. The third-order valence-corrected chi connectivity index (χ3v) is 3.73. The highest BCUT2D eigenvalue weighted by molar-refractivity contribution is 5.89. The summed E-state index contributed by atoms with van der Waals surface area (Å²) in [7, 11) is 1.64. The van der Waals surface area contributed by atoms with Gasteiger partial charge in [0.15, 0.2) is 5.65 Å². The molecule has 1 N–H and O–H groups in total. The van der Waals surface area contributed by atoms with Gasteiger partial charge in [-0.25, -0.2) is 14.6 Å². The lowest BCUT2D eigenvalue weighted by Gasteiger charge is -2.10. The van der Waals surface area contributed by atoms with Gasteiger partial charge in [0.2, 0.25) is 0 Å². The number of para-hydroxylation sites is 3. The van der Waals surface area contributed by atoms with Crippen molar-refractivity contribution in [2.75, 3.05) is 12.4 Å². The smallest absolute Gasteiger partial charge is 0.168 e. The molecule has 0 aliphatic carbocycles. The van der Waals surface area contributed by atoms with E-state index in [2.05, 4.69) is 20.4 Å². The Hall–Kier alpha value is -3.41. The van der Waals surface area contributed by atoms with Crippen molar-refractivity contribution in [3.05, 3.63) is 67.1 Å². The number of fused-ring (bicyclic) bond motifs is 1. The van der Waals surface area contributed by atoms with E-state index in [9.17, 15) is 0 Å². The van der Waals surface area contributed by atoms with Gasteiger partial charge in [0.25, 0.3) is 0 Å². The molecule has 0 atom stereocenters. The summed E-state index contributed by atoms with van der Waals surface area (Å²) in [5, 5.41) is 8.60. The van der Waals surface area contributed by atoms with Crippen LogP contribution in [0.5, 0.6) is 5.75 Å². The van der Waals surface area contributed by atoms with Crippen LogP contribution in [0.15, 0.2) is 67.1 Å². The molecule has 0 saturated heterocycles. The Labute approximate surface area is 138 Å². The van der Waals surface area contributed by atoms with Crippen molar-refractivity contribution < 1.29 is 4.74 Å². The summed E-state index contributed by atoms with van der Waals surface area (Å²) in [6.07, 6.45) is 3.29. The van der Waals surface area contributed by atoms with E-state index >= 15 is 0 Å². The number of hydrogen-bond donors (Lipinski definition) is 1. The van der Waals surface area contributed by atoms with Crippen molar-refractivity contribution in [1.29, 1.82) is 0 Å². The van der Waals surface area contributed by atoms with E-state index < -0.39 is 0 Å². The molecule has 2 heterocycles. The van der Waals surface area contributed by atoms with Gasteiger partial charge < -0.3 is 10.1 Å². The average molecular weight is 317 g/mol. The minimum absolute atomic E-state index is 0.687. The largest absolute Gasteiger partial charge is 0.495 e. The first-order valence-electron chi connectivity index (χ1n) is 7.51. The zero-order valence-corrected chi connectivity index (χ0v) is 13.0. The van der Waals surface area contributed by atoms with Gasteiger partial charge in [-0.3, -0.25) is 0 Å². The van der Waals surface area contributed by atoms with Crippen LogP contribution in [0.3, 0.4) is 0 Å². The van der Waals surface area contributed by atoms with E-state index in [1.54, 1.807) is 18.0 Å². The fraction of sp³-hybridized carbons (Fsp3) is 0.0556. The molecule has 0 aliphatic heterocycles. The molecule has 0 aliphatic rings. The van der Waals surface area contributed by atoms with Crippen LogP contribution in [0.1, 0.15) is 0 Å². The van der Waals surface area contributed by atoms with Crippen molar-refractivity contribution in [1.82, 2.24) is 19.7 Å². The number of nitrogens with zero attached hydrogens (tertiary/aromatic N) is 4. The second kappa shape index (κ2) is 6.00. The maximum absolute atomic E-state index is 5.38. The molecular weight excluding hydrogens is 302 g/mol. The zero-order valence-electron chi connectivity index (χ0n) is 13.0. The van der Waals surface area contributed by atoms with Gasteiger partial charge in [-0.05, 0) is 24.3 Å². The number of aromatic nitrogens is 4. The van der Waals surface area contributed by atoms with Gasteiger partial charge in [-0.2, -0.15) is 5.10 Å². The van der Waals surface area contributed by atoms with Crippen molar-refractivity contribution in [3.63, 3.8) is 0 Å². The second-order valence-corrected chi connectivity index (χ2v) is 5.18. The molecule has 6 nitrogen and oxygen atoms in total. The molecule has 0 amide bonds. The lowest BCUT2D eigenvalue weighted by atomic mass is 10.3. The Morgan fingerprint density at radius 1 is 0.958 bits per heavy atom. The summed E-state index contributed by atoms with van der Waals surface area (Å²) in [6, 6.07) is 17.6. The monoisotopic (exact) mass is 317 g/mol. The highest BCUT2D eigenvalue weighted by Crippen LogP contribution is 2.29. The van der Waals surface area contributed by atoms with Gasteiger partial charge in [0.05, 0.1) is 30.1 Å². The van der Waals surface area contributed by atoms with Gasteiger partial charge >= 0.3 is 0 Å². The number of ether oxygens (including phenoxy) is 1. The highest BCUT2D eigenvalue weighted by Gasteiger charge is 2.12. The molecule has 0 bridgehead atoms. The molecule has 4 aromatic rings. The molecule has 24 heavy (non-hydrogen) atoms. The minimum atomic E-state index is 0.687. The number of anilines is 2. The molecule has 0 radical (unpaired) electrons. The Kier molecular flexibility index (Phi) is 3.55. The maximum Gasteiger partial charge on any atom is 0.168 e. The molecule has 0 spiro atoms. The fourth-order valence-electron chi connectivity index (χ4n) is 2.58. The lowest BCUT2D eigenvalue weighted by Crippen LogP contribution is -2.00. The van der Waals surface area contributed by atoms with Crippen LogP contribution in [0, 0.1) is 0 Å². The SMILES string of the molecule is COc1ccccc1Nc1ncnc2c1cnn2-c1ccccc1. The number of benzene rings is 2. The second-order valence-electron chi connectivity index (χ2n) is 5.18. The molecule has 4 rings (SSSR count). The quantitative estimate of drug-likeness (QED) is 0.623. The third kappa shape index (κ3) is 2.44. The normalized spacial score (nSPS) is 10.7. The number of methoxy groups -OCH3 is 1. The first kappa shape index (κ1) is 14.2. The van der Waals surface area contributed by atoms with E-state index in [-0.39, 0.29) is 0 Å². The molecular formula is C18H15N5O. The molecule has 0 unspecified atom stereocenters. The summed E-state index contributed by atoms with van der Waals surface area (Å²) in [5.41, 5.74) is 2.54. The Morgan fingerprint density at radius 2 is 1.75 bits per heavy atom. The van der Waals surface area contributed by atoms with E-state index in [1.165, 1.54) is 6.33 Å². The predicted octanol–water partition coefficient (Wildman–Crippen LogP) is 3.57. The van der Waals surface area contributed by atoms with Gasteiger partial charge in [-0.15, -0.1) is 0 Å². The van der Waals surface area contributed by atoms with Crippen LogP contribution in [0.4, 0.5) is 11.5 Å². The summed E-state index contributed by atoms with van der Waals surface area (Å²) in [5.74, 6) is 1.44. The number of hydrogen-bond acceptors (Lipinski definition) is 5. The van der Waals surface area contributed by atoms with Gasteiger partial charge in [-0.1, -0.05) is 30.3 Å². The van der Waals surface area contributed by atoms with Crippen molar-refractivity contribution in [2.45, 2.75) is 0 Å². The third-order valence-electron chi connectivity index (χ3n) is 3.73. The topological polar surface area (TPSA) is 64.9 Å². The molecule has 6 heteroatoms. The maximum atomic E-state index is 5.38. The predicted molar refractivity (Wildman–Crippen MR) is 92.9 cm³/mol. The van der Waals surface area contributed by atoms with Crippen molar-refractivity contribution in [3.8, 4) is 11.4 Å². The van der Waals surface area contributed by atoms with E-state index in [0.29, 0.717) is 5.82 Å². The Bertz CT molecular complexity index is 981. The van der Waals surface area contributed by atoms with Gasteiger partial charge in [0.1, 0.15) is 17.9 Å². The Morgan fingerprint density at radius 3 is 2.58 bits per heavy atom. The molecule has 118 valence electrons. The number of nitrogens with one attached hydrogen (secondary N) is 1. The standard InChI is InChI=1S/C18H15N5O/c1-24-16-10-6-5-9-15(16)22-17-14-11-21-23(18(14)20-12-19-17)13-7-3-2-4-8-13/h2-12H,1H3,(H,19,20,22). The summed E-state index contributed by atoms with van der Waals surface area (Å²) < 4.78 is 7.17. The van der Waals surface area contributed by atoms with Gasteiger partial charge in [0, 0.05) is 0 Å². The van der Waals surface area contributed by atoms with Crippen LogP contribution in [0.2, 0.25) is 0 Å². The van der Waals surface area contributed by atoms with Crippen LogP contribution in [-0.2, 0) is 0 Å². The molecule has 0 fully saturated rings. The van der Waals surface area contributed by atoms with E-state index in [1.807, 2.05) is 54.6 Å². The van der Waals surface area contributed by atoms with Crippen LogP contribution < -0.4 is 10.1 Å². The highest BCUT2D eigenvalue weighted by atomic mass is 16.5. The number of rotatable bonds is 4. The van der Waals surface area contributed by atoms with Crippen molar-refractivity contribution in [2.24, 2.45) is 0 Å². The van der Waals surface area contributed by atoms with Crippen molar-refractivity contribution >= 4 is 22.5 Å². The van der Waals surface area contributed by atoms with Crippen LogP contribution in [0.25, 0.3) is 16.7 Å². The molecule has 0 saturated carbocycles. The van der Waals surface area contributed by atoms with E-state index in [4.69, 9.17) is 4.74 Å². The molecule has 2 aromatic carbocycles. The first-order chi connectivity index (χ1) is 11.9. The zero-order chi connectivity index (χ0) is 16.4. The van der Waals surface area contributed by atoms with Crippen LogP contribution >= 0.6 is 0 Å². The van der Waals surface area contributed by atoms with E-state index in [0.717, 1.165) is 28.2 Å². The summed E-state index contributed by atoms with van der Waals surface area (Å²) >= 11 is 0.